The van der Waals surface area contributed by atoms with Crippen LogP contribution in [0.15, 0.2) is 54.6 Å². The molecule has 2 N–H and O–H groups in total. The van der Waals surface area contributed by atoms with Crippen molar-refractivity contribution < 1.29 is 18.3 Å². The number of phenols is 1. The molecule has 0 unspecified atom stereocenters. The summed E-state index contributed by atoms with van der Waals surface area (Å²) in [4.78, 5) is 6.73. The smallest absolute Gasteiger partial charge is 0.418 e. The first-order valence-electron chi connectivity index (χ1n) is 9.18. The standard InChI is InChI=1S/C21H20F3N3O/c22-21(23,24)16-4-1-2-5-18(16)25-14-10-12-27(13-11-14)20-9-8-15-17(26-20)6-3-7-19(15)28/h1-9,14,25,28H,10-13H2. The van der Waals surface area contributed by atoms with Gasteiger partial charge in [0.2, 0.25) is 0 Å². The van der Waals surface area contributed by atoms with Crippen LogP contribution in [0.1, 0.15) is 18.4 Å². The van der Waals surface area contributed by atoms with Crippen molar-refractivity contribution in [2.45, 2.75) is 25.1 Å². The molecule has 0 radical (unpaired) electrons. The molecule has 2 aromatic carbocycles. The van der Waals surface area contributed by atoms with E-state index in [1.807, 2.05) is 18.2 Å². The van der Waals surface area contributed by atoms with Crippen LogP contribution in [0.2, 0.25) is 0 Å². The number of alkyl halides is 3. The number of para-hydroxylation sites is 1. The Hall–Kier alpha value is -2.96. The summed E-state index contributed by atoms with van der Waals surface area (Å²) in [5, 5.41) is 13.7. The predicted molar refractivity (Wildman–Crippen MR) is 104 cm³/mol. The van der Waals surface area contributed by atoms with Gasteiger partial charge in [0.25, 0.3) is 0 Å². The van der Waals surface area contributed by atoms with Crippen LogP contribution < -0.4 is 10.2 Å². The van der Waals surface area contributed by atoms with Gasteiger partial charge in [-0.05, 0) is 49.2 Å². The molecule has 7 heteroatoms. The van der Waals surface area contributed by atoms with Crippen molar-refractivity contribution in [1.82, 2.24) is 4.98 Å². The lowest BCUT2D eigenvalue weighted by molar-refractivity contribution is -0.137. The van der Waals surface area contributed by atoms with Crippen molar-refractivity contribution in [3.63, 3.8) is 0 Å². The Morgan fingerprint density at radius 2 is 1.71 bits per heavy atom. The molecule has 28 heavy (non-hydrogen) atoms. The number of nitrogens with one attached hydrogen (secondary N) is 1. The van der Waals surface area contributed by atoms with Gasteiger partial charge in [-0.3, -0.25) is 0 Å². The molecule has 3 aromatic rings. The van der Waals surface area contributed by atoms with Gasteiger partial charge in [-0.15, -0.1) is 0 Å². The fourth-order valence-corrected chi connectivity index (χ4v) is 3.63. The number of anilines is 2. The van der Waals surface area contributed by atoms with Crippen molar-refractivity contribution in [3.05, 3.63) is 60.2 Å². The van der Waals surface area contributed by atoms with Gasteiger partial charge in [0.15, 0.2) is 0 Å². The average molecular weight is 387 g/mol. The van der Waals surface area contributed by atoms with E-state index in [4.69, 9.17) is 0 Å². The highest BCUT2D eigenvalue weighted by molar-refractivity contribution is 5.86. The summed E-state index contributed by atoms with van der Waals surface area (Å²) in [6.45, 7) is 1.40. The summed E-state index contributed by atoms with van der Waals surface area (Å²) in [7, 11) is 0. The number of hydrogen-bond donors (Lipinski definition) is 2. The summed E-state index contributed by atoms with van der Waals surface area (Å²) in [6.07, 6.45) is -2.94. The molecule has 4 nitrogen and oxygen atoms in total. The van der Waals surface area contributed by atoms with Gasteiger partial charge in [-0.25, -0.2) is 4.98 Å². The molecule has 0 aliphatic carbocycles. The zero-order valence-corrected chi connectivity index (χ0v) is 15.1. The van der Waals surface area contributed by atoms with Crippen LogP contribution in [0.5, 0.6) is 5.75 Å². The summed E-state index contributed by atoms with van der Waals surface area (Å²) in [5.41, 5.74) is 0.220. The zero-order chi connectivity index (χ0) is 19.7. The van der Waals surface area contributed by atoms with Crippen LogP contribution in [0.4, 0.5) is 24.7 Å². The summed E-state index contributed by atoms with van der Waals surface area (Å²) in [5.74, 6) is 1.01. The maximum absolute atomic E-state index is 13.2. The average Bonchev–Trinajstić information content (AvgIpc) is 2.68. The molecule has 0 bridgehead atoms. The highest BCUT2D eigenvalue weighted by Gasteiger charge is 2.34. The van der Waals surface area contributed by atoms with E-state index in [9.17, 15) is 18.3 Å². The molecule has 0 amide bonds. The Kier molecular flexibility index (Phi) is 4.75. The number of aromatic hydroxyl groups is 1. The number of fused-ring (bicyclic) bond motifs is 1. The lowest BCUT2D eigenvalue weighted by Gasteiger charge is -2.34. The predicted octanol–water partition coefficient (Wildman–Crippen LogP) is 5.04. The maximum Gasteiger partial charge on any atom is 0.418 e. The molecule has 146 valence electrons. The molecule has 0 saturated carbocycles. The third-order valence-corrected chi connectivity index (χ3v) is 5.11. The lowest BCUT2D eigenvalue weighted by Crippen LogP contribution is -2.39. The number of aromatic nitrogens is 1. The maximum atomic E-state index is 13.2. The number of halogens is 3. The Balaban J connectivity index is 1.44. The lowest BCUT2D eigenvalue weighted by atomic mass is 10.0. The van der Waals surface area contributed by atoms with Crippen molar-refractivity contribution in [1.29, 1.82) is 0 Å². The summed E-state index contributed by atoms with van der Waals surface area (Å²) < 4.78 is 39.5. The molecule has 2 heterocycles. The fourth-order valence-electron chi connectivity index (χ4n) is 3.63. The van der Waals surface area contributed by atoms with E-state index in [0.29, 0.717) is 31.3 Å². The van der Waals surface area contributed by atoms with Crippen molar-refractivity contribution in [2.24, 2.45) is 0 Å². The van der Waals surface area contributed by atoms with Gasteiger partial charge < -0.3 is 15.3 Å². The van der Waals surface area contributed by atoms with E-state index in [2.05, 4.69) is 15.2 Å². The molecule has 1 fully saturated rings. The van der Waals surface area contributed by atoms with E-state index < -0.39 is 11.7 Å². The van der Waals surface area contributed by atoms with E-state index in [0.717, 1.165) is 17.4 Å². The second kappa shape index (κ2) is 7.22. The topological polar surface area (TPSA) is 48.4 Å². The summed E-state index contributed by atoms with van der Waals surface area (Å²) >= 11 is 0. The van der Waals surface area contributed by atoms with Crippen molar-refractivity contribution in [3.8, 4) is 5.75 Å². The molecule has 0 atom stereocenters. The Morgan fingerprint density at radius 3 is 2.46 bits per heavy atom. The van der Waals surface area contributed by atoms with E-state index in [1.54, 1.807) is 18.2 Å². The third-order valence-electron chi connectivity index (χ3n) is 5.11. The van der Waals surface area contributed by atoms with Crippen LogP contribution in [0, 0.1) is 0 Å². The second-order valence-corrected chi connectivity index (χ2v) is 6.96. The molecular formula is C21H20F3N3O. The van der Waals surface area contributed by atoms with Gasteiger partial charge in [-0.2, -0.15) is 13.2 Å². The minimum atomic E-state index is -4.37. The van der Waals surface area contributed by atoms with Crippen LogP contribution in [-0.2, 0) is 6.18 Å². The molecule has 0 spiro atoms. The molecule has 1 aliphatic rings. The van der Waals surface area contributed by atoms with Crippen LogP contribution in [-0.4, -0.2) is 29.2 Å². The van der Waals surface area contributed by atoms with E-state index >= 15 is 0 Å². The van der Waals surface area contributed by atoms with Gasteiger partial charge >= 0.3 is 6.18 Å². The molecule has 4 rings (SSSR count). The molecule has 1 aromatic heterocycles. The number of rotatable bonds is 3. The third kappa shape index (κ3) is 3.69. The Morgan fingerprint density at radius 1 is 0.964 bits per heavy atom. The quantitative estimate of drug-likeness (QED) is 0.661. The Bertz CT molecular complexity index is 982. The minimum Gasteiger partial charge on any atom is -0.507 e. The first-order chi connectivity index (χ1) is 13.4. The fraction of sp³-hybridized carbons (Fsp3) is 0.286. The highest BCUT2D eigenvalue weighted by atomic mass is 19.4. The normalized spacial score (nSPS) is 15.8. The highest BCUT2D eigenvalue weighted by Crippen LogP contribution is 2.35. The van der Waals surface area contributed by atoms with Gasteiger partial charge in [0.1, 0.15) is 11.6 Å². The molecule has 1 saturated heterocycles. The number of piperidine rings is 1. The van der Waals surface area contributed by atoms with Crippen LogP contribution in [0.3, 0.4) is 0 Å². The second-order valence-electron chi connectivity index (χ2n) is 6.96. The molecular weight excluding hydrogens is 367 g/mol. The minimum absolute atomic E-state index is 0.0238. The van der Waals surface area contributed by atoms with Gasteiger partial charge in [0.05, 0.1) is 11.1 Å². The SMILES string of the molecule is Oc1cccc2nc(N3CCC(Nc4ccccc4C(F)(F)F)CC3)ccc12. The van der Waals surface area contributed by atoms with Gasteiger partial charge in [0, 0.05) is 30.2 Å². The molecule has 1 aliphatic heterocycles. The number of hydrogen-bond acceptors (Lipinski definition) is 4. The van der Waals surface area contributed by atoms with Crippen LogP contribution >= 0.6 is 0 Å². The largest absolute Gasteiger partial charge is 0.507 e. The van der Waals surface area contributed by atoms with Gasteiger partial charge in [-0.1, -0.05) is 18.2 Å². The zero-order valence-electron chi connectivity index (χ0n) is 15.1. The van der Waals surface area contributed by atoms with Crippen molar-refractivity contribution in [2.75, 3.05) is 23.3 Å². The van der Waals surface area contributed by atoms with Crippen LogP contribution in [0.25, 0.3) is 10.9 Å². The first-order valence-corrected chi connectivity index (χ1v) is 9.18. The summed E-state index contributed by atoms with van der Waals surface area (Å²) in [6, 6.07) is 14.5. The van der Waals surface area contributed by atoms with Crippen molar-refractivity contribution >= 4 is 22.4 Å². The number of benzene rings is 2. The number of phenolic OH excluding ortho intramolecular Hbond substituents is 1. The monoisotopic (exact) mass is 387 g/mol. The Labute approximate surface area is 160 Å². The first kappa shape index (κ1) is 18.4. The number of pyridine rings is 1. The van der Waals surface area contributed by atoms with E-state index in [-0.39, 0.29) is 17.5 Å². The van der Waals surface area contributed by atoms with E-state index in [1.165, 1.54) is 12.1 Å². The number of nitrogens with zero attached hydrogens (tertiary/aromatic N) is 2.